The van der Waals surface area contributed by atoms with Crippen LogP contribution >= 0.6 is 0 Å². The van der Waals surface area contributed by atoms with Crippen molar-refractivity contribution in [1.82, 2.24) is 0 Å². The molecule has 1 aliphatic carbocycles. The number of rotatable bonds is 12. The summed E-state index contributed by atoms with van der Waals surface area (Å²) < 4.78 is 0. The Morgan fingerprint density at radius 1 is 1.15 bits per heavy atom. The van der Waals surface area contributed by atoms with Gasteiger partial charge in [-0.1, -0.05) is 42.5 Å². The SMILES string of the molecule is O=C(O)CCCC=CCC1CCC(O)C1CCC(O)CCc1ccccc1. The van der Waals surface area contributed by atoms with Gasteiger partial charge in [-0.3, -0.25) is 4.79 Å². The molecule has 0 bridgehead atoms. The predicted molar refractivity (Wildman–Crippen MR) is 107 cm³/mol. The predicted octanol–water partition coefficient (Wildman–Crippen LogP) is 4.35. The second kappa shape index (κ2) is 11.9. The smallest absolute Gasteiger partial charge is 0.303 e. The van der Waals surface area contributed by atoms with Crippen LogP contribution in [0.25, 0.3) is 0 Å². The molecule has 2 rings (SSSR count). The Balaban J connectivity index is 1.68. The number of aliphatic hydroxyl groups excluding tert-OH is 2. The average molecular weight is 375 g/mol. The van der Waals surface area contributed by atoms with Gasteiger partial charge in [-0.15, -0.1) is 0 Å². The van der Waals surface area contributed by atoms with Gasteiger partial charge in [-0.25, -0.2) is 0 Å². The number of carboxylic acids is 1. The fourth-order valence-electron chi connectivity index (χ4n) is 4.12. The van der Waals surface area contributed by atoms with Crippen LogP contribution < -0.4 is 0 Å². The van der Waals surface area contributed by atoms with Crippen LogP contribution in [0.15, 0.2) is 42.5 Å². The molecule has 4 nitrogen and oxygen atoms in total. The fraction of sp³-hybridized carbons (Fsp3) is 0.609. The van der Waals surface area contributed by atoms with Crippen molar-refractivity contribution in [3.63, 3.8) is 0 Å². The summed E-state index contributed by atoms with van der Waals surface area (Å²) in [6, 6.07) is 10.2. The second-order valence-electron chi connectivity index (χ2n) is 7.82. The number of aliphatic hydroxyl groups is 2. The van der Waals surface area contributed by atoms with E-state index in [4.69, 9.17) is 5.11 Å². The third kappa shape index (κ3) is 8.27. The number of carboxylic acid groups (broad SMARTS) is 1. The van der Waals surface area contributed by atoms with Crippen molar-refractivity contribution in [2.45, 2.75) is 76.4 Å². The lowest BCUT2D eigenvalue weighted by Crippen LogP contribution is -2.21. The Morgan fingerprint density at radius 3 is 2.67 bits per heavy atom. The molecule has 3 N–H and O–H groups in total. The van der Waals surface area contributed by atoms with E-state index in [1.54, 1.807) is 0 Å². The molecule has 4 atom stereocenters. The van der Waals surface area contributed by atoms with Gasteiger partial charge in [0.1, 0.15) is 0 Å². The number of benzene rings is 1. The molecule has 1 fully saturated rings. The number of carbonyl (C=O) groups is 1. The normalized spacial score (nSPS) is 23.7. The maximum atomic E-state index is 10.5. The van der Waals surface area contributed by atoms with Gasteiger partial charge in [-0.05, 0) is 75.2 Å². The highest BCUT2D eigenvalue weighted by Crippen LogP contribution is 2.38. The summed E-state index contributed by atoms with van der Waals surface area (Å²) in [6.45, 7) is 0. The van der Waals surface area contributed by atoms with Crippen LogP contribution in [0.4, 0.5) is 0 Å². The molecular formula is C23H34O4. The number of aryl methyl sites for hydroxylation is 1. The van der Waals surface area contributed by atoms with E-state index in [2.05, 4.69) is 24.3 Å². The molecule has 0 aliphatic heterocycles. The van der Waals surface area contributed by atoms with Crippen molar-refractivity contribution in [3.8, 4) is 0 Å². The number of hydrogen-bond acceptors (Lipinski definition) is 3. The quantitative estimate of drug-likeness (QED) is 0.375. The van der Waals surface area contributed by atoms with E-state index in [0.29, 0.717) is 12.3 Å². The summed E-state index contributed by atoms with van der Waals surface area (Å²) >= 11 is 0. The number of aliphatic carboxylic acids is 1. The van der Waals surface area contributed by atoms with E-state index < -0.39 is 5.97 Å². The third-order valence-corrected chi connectivity index (χ3v) is 5.74. The number of allylic oxidation sites excluding steroid dienone is 2. The highest BCUT2D eigenvalue weighted by Gasteiger charge is 2.33. The van der Waals surface area contributed by atoms with Crippen molar-refractivity contribution in [1.29, 1.82) is 0 Å². The first-order valence-electron chi connectivity index (χ1n) is 10.3. The van der Waals surface area contributed by atoms with Crippen molar-refractivity contribution in [3.05, 3.63) is 48.0 Å². The maximum absolute atomic E-state index is 10.5. The van der Waals surface area contributed by atoms with Gasteiger partial charge in [0.2, 0.25) is 0 Å². The molecule has 27 heavy (non-hydrogen) atoms. The van der Waals surface area contributed by atoms with Crippen LogP contribution in [0.3, 0.4) is 0 Å². The highest BCUT2D eigenvalue weighted by atomic mass is 16.4. The molecule has 0 spiro atoms. The zero-order chi connectivity index (χ0) is 19.5. The lowest BCUT2D eigenvalue weighted by molar-refractivity contribution is -0.137. The average Bonchev–Trinajstić information content (AvgIpc) is 3.01. The molecule has 150 valence electrons. The summed E-state index contributed by atoms with van der Waals surface area (Å²) in [5, 5.41) is 29.3. The summed E-state index contributed by atoms with van der Waals surface area (Å²) in [5.41, 5.74) is 1.25. The van der Waals surface area contributed by atoms with E-state index in [1.807, 2.05) is 18.2 Å². The molecule has 4 heteroatoms. The van der Waals surface area contributed by atoms with Gasteiger partial charge in [-0.2, -0.15) is 0 Å². The first-order chi connectivity index (χ1) is 13.1. The summed E-state index contributed by atoms with van der Waals surface area (Å²) in [4.78, 5) is 10.5. The minimum Gasteiger partial charge on any atom is -0.481 e. The molecule has 4 unspecified atom stereocenters. The topological polar surface area (TPSA) is 77.8 Å². The Hall–Kier alpha value is -1.65. The third-order valence-electron chi connectivity index (χ3n) is 5.74. The van der Waals surface area contributed by atoms with Crippen molar-refractivity contribution in [2.75, 3.05) is 0 Å². The number of hydrogen-bond donors (Lipinski definition) is 3. The van der Waals surface area contributed by atoms with E-state index >= 15 is 0 Å². The lowest BCUT2D eigenvalue weighted by Gasteiger charge is -2.22. The molecule has 1 aromatic carbocycles. The highest BCUT2D eigenvalue weighted by molar-refractivity contribution is 5.66. The van der Waals surface area contributed by atoms with E-state index in [-0.39, 0.29) is 24.5 Å². The maximum Gasteiger partial charge on any atom is 0.303 e. The standard InChI is InChI=1S/C23H34O4/c24-20(14-12-18-8-4-3-5-9-18)15-16-21-19(13-17-22(21)25)10-6-1-2-7-11-23(26)27/h1,3-6,8-9,19-22,24-25H,2,7,10-17H2,(H,26,27). The first kappa shape index (κ1) is 21.6. The van der Waals surface area contributed by atoms with Crippen LogP contribution in [-0.2, 0) is 11.2 Å². The van der Waals surface area contributed by atoms with Crippen LogP contribution in [-0.4, -0.2) is 33.5 Å². The van der Waals surface area contributed by atoms with E-state index in [9.17, 15) is 15.0 Å². The molecule has 0 saturated heterocycles. The number of unbranched alkanes of at least 4 members (excludes halogenated alkanes) is 1. The summed E-state index contributed by atoms with van der Waals surface area (Å²) in [6.07, 6.45) is 11.4. The Labute approximate surface area is 162 Å². The first-order valence-corrected chi connectivity index (χ1v) is 10.3. The molecule has 1 aliphatic rings. The fourth-order valence-corrected chi connectivity index (χ4v) is 4.12. The van der Waals surface area contributed by atoms with Crippen LogP contribution in [0.1, 0.15) is 63.4 Å². The van der Waals surface area contributed by atoms with Crippen LogP contribution in [0.5, 0.6) is 0 Å². The largest absolute Gasteiger partial charge is 0.481 e. The minimum absolute atomic E-state index is 0.218. The zero-order valence-electron chi connectivity index (χ0n) is 16.2. The Morgan fingerprint density at radius 2 is 1.93 bits per heavy atom. The van der Waals surface area contributed by atoms with Gasteiger partial charge in [0.25, 0.3) is 0 Å². The monoisotopic (exact) mass is 374 g/mol. The second-order valence-corrected chi connectivity index (χ2v) is 7.82. The molecule has 0 heterocycles. The molecule has 0 radical (unpaired) electrons. The van der Waals surface area contributed by atoms with Gasteiger partial charge in [0, 0.05) is 6.42 Å². The summed E-state index contributed by atoms with van der Waals surface area (Å²) in [7, 11) is 0. The van der Waals surface area contributed by atoms with Crippen LogP contribution in [0.2, 0.25) is 0 Å². The van der Waals surface area contributed by atoms with Crippen molar-refractivity contribution in [2.24, 2.45) is 11.8 Å². The van der Waals surface area contributed by atoms with Crippen LogP contribution in [0, 0.1) is 11.8 Å². The molecule has 1 aromatic rings. The minimum atomic E-state index is -0.742. The molecule has 0 amide bonds. The lowest BCUT2D eigenvalue weighted by atomic mass is 9.86. The van der Waals surface area contributed by atoms with Gasteiger partial charge in [0.05, 0.1) is 12.2 Å². The van der Waals surface area contributed by atoms with E-state index in [0.717, 1.165) is 51.4 Å². The van der Waals surface area contributed by atoms with Crippen molar-refractivity contribution >= 4 is 5.97 Å². The molecule has 1 saturated carbocycles. The Kier molecular flexibility index (Phi) is 9.57. The summed E-state index contributed by atoms with van der Waals surface area (Å²) in [5.74, 6) is -0.00899. The Bertz CT molecular complexity index is 569. The zero-order valence-corrected chi connectivity index (χ0v) is 16.2. The van der Waals surface area contributed by atoms with Gasteiger partial charge >= 0.3 is 5.97 Å². The van der Waals surface area contributed by atoms with Gasteiger partial charge < -0.3 is 15.3 Å². The molecular weight excluding hydrogens is 340 g/mol. The molecule has 0 aromatic heterocycles. The van der Waals surface area contributed by atoms with Crippen molar-refractivity contribution < 1.29 is 20.1 Å². The van der Waals surface area contributed by atoms with E-state index in [1.165, 1.54) is 5.56 Å². The van der Waals surface area contributed by atoms with Gasteiger partial charge in [0.15, 0.2) is 0 Å².